The van der Waals surface area contributed by atoms with Crippen LogP contribution in [-0.4, -0.2) is 18.0 Å². The van der Waals surface area contributed by atoms with Crippen LogP contribution in [0, 0.1) is 6.92 Å². The molecule has 1 unspecified atom stereocenters. The molecule has 0 spiro atoms. The molecule has 0 aromatic heterocycles. The number of ether oxygens (including phenoxy) is 2. The van der Waals surface area contributed by atoms with Gasteiger partial charge in [-0.2, -0.15) is 0 Å². The van der Waals surface area contributed by atoms with Crippen LogP contribution >= 0.6 is 0 Å². The molecule has 0 saturated carbocycles. The van der Waals surface area contributed by atoms with Crippen LogP contribution in [0.5, 0.6) is 11.5 Å². The van der Waals surface area contributed by atoms with Gasteiger partial charge >= 0.3 is 0 Å². The van der Waals surface area contributed by atoms with Crippen molar-refractivity contribution in [3.8, 4) is 11.5 Å². The molecule has 167 valence electrons. The van der Waals surface area contributed by atoms with Crippen molar-refractivity contribution in [2.24, 2.45) is 0 Å². The van der Waals surface area contributed by atoms with Gasteiger partial charge in [0, 0.05) is 17.7 Å². The molecule has 1 fully saturated rings. The second-order valence-electron chi connectivity index (χ2n) is 8.50. The van der Waals surface area contributed by atoms with Gasteiger partial charge in [-0.25, -0.2) is 0 Å². The minimum atomic E-state index is 0.335. The summed E-state index contributed by atoms with van der Waals surface area (Å²) in [5, 5.41) is 0. The maximum absolute atomic E-state index is 6.41. The molecule has 0 bridgehead atoms. The largest absolute Gasteiger partial charge is 0.489 e. The first-order valence-corrected chi connectivity index (χ1v) is 11.8. The Hall–Kier alpha value is -2.78. The van der Waals surface area contributed by atoms with Crippen LogP contribution in [-0.2, 0) is 13.2 Å². The first-order valence-electron chi connectivity index (χ1n) is 11.8. The maximum atomic E-state index is 6.41. The standard InChI is InChI=1S/C29H34NO2/c1-2-12-28(30-19-10-5-11-20-30)27-18-17-26(31-22-24-13-6-3-7-14-24)21-29(27)32-23-25-15-8-4-9-16-25/h3-4,6-9,13-18,21,28H,1-2,5,10-12,19-20,22-23H2. The van der Waals surface area contributed by atoms with Gasteiger partial charge in [0.25, 0.3) is 0 Å². The molecule has 4 rings (SSSR count). The van der Waals surface area contributed by atoms with E-state index in [-0.39, 0.29) is 0 Å². The van der Waals surface area contributed by atoms with Crippen molar-refractivity contribution < 1.29 is 9.47 Å². The summed E-state index contributed by atoms with van der Waals surface area (Å²) in [4.78, 5) is 2.61. The zero-order valence-electron chi connectivity index (χ0n) is 18.9. The molecule has 1 atom stereocenters. The molecule has 0 amide bonds. The summed E-state index contributed by atoms with van der Waals surface area (Å²) >= 11 is 0. The summed E-state index contributed by atoms with van der Waals surface area (Å²) < 4.78 is 12.5. The van der Waals surface area contributed by atoms with Crippen molar-refractivity contribution in [1.29, 1.82) is 0 Å². The molecule has 1 saturated heterocycles. The molecule has 3 heteroatoms. The number of rotatable bonds is 10. The van der Waals surface area contributed by atoms with E-state index in [1.54, 1.807) is 0 Å². The van der Waals surface area contributed by atoms with E-state index < -0.39 is 0 Å². The lowest BCUT2D eigenvalue weighted by molar-refractivity contribution is 0.152. The van der Waals surface area contributed by atoms with E-state index in [1.165, 1.54) is 30.4 Å². The van der Waals surface area contributed by atoms with Crippen LogP contribution in [0.2, 0.25) is 0 Å². The fraction of sp³-hybridized carbons (Fsp3) is 0.345. The number of likely N-dealkylation sites (tertiary alicyclic amines) is 1. The van der Waals surface area contributed by atoms with Gasteiger partial charge in [-0.1, -0.05) is 86.5 Å². The first-order chi connectivity index (χ1) is 15.8. The van der Waals surface area contributed by atoms with Crippen LogP contribution in [0.15, 0.2) is 78.9 Å². The van der Waals surface area contributed by atoms with E-state index in [4.69, 9.17) is 9.47 Å². The Kier molecular flexibility index (Phi) is 8.22. The Bertz CT molecular complexity index is 936. The average Bonchev–Trinajstić information content (AvgIpc) is 2.87. The summed E-state index contributed by atoms with van der Waals surface area (Å²) in [5.41, 5.74) is 3.57. The monoisotopic (exact) mass is 428 g/mol. The average molecular weight is 429 g/mol. The molecule has 1 heterocycles. The lowest BCUT2D eigenvalue weighted by Crippen LogP contribution is -2.34. The fourth-order valence-corrected chi connectivity index (χ4v) is 4.44. The minimum absolute atomic E-state index is 0.335. The summed E-state index contributed by atoms with van der Waals surface area (Å²) in [7, 11) is 0. The van der Waals surface area contributed by atoms with Crippen molar-refractivity contribution in [3.05, 3.63) is 102 Å². The fourth-order valence-electron chi connectivity index (χ4n) is 4.44. The number of hydrogen-bond donors (Lipinski definition) is 0. The third-order valence-electron chi connectivity index (χ3n) is 6.14. The third-order valence-corrected chi connectivity index (χ3v) is 6.14. The van der Waals surface area contributed by atoms with Crippen molar-refractivity contribution in [2.45, 2.75) is 51.4 Å². The SMILES string of the molecule is [CH2]CCC(c1ccc(OCc2ccccc2)cc1OCc1ccccc1)N1CCCCC1. The van der Waals surface area contributed by atoms with E-state index in [9.17, 15) is 0 Å². The summed E-state index contributed by atoms with van der Waals surface area (Å²) in [5.74, 6) is 1.76. The zero-order chi connectivity index (χ0) is 22.0. The lowest BCUT2D eigenvalue weighted by atomic mass is 9.97. The van der Waals surface area contributed by atoms with Gasteiger partial charge in [-0.15, -0.1) is 0 Å². The quantitative estimate of drug-likeness (QED) is 0.347. The van der Waals surface area contributed by atoms with Gasteiger partial charge in [0.05, 0.1) is 0 Å². The number of nitrogens with zero attached hydrogens (tertiary/aromatic N) is 1. The Labute approximate surface area is 193 Å². The Morgan fingerprint density at radius 3 is 2.00 bits per heavy atom. The van der Waals surface area contributed by atoms with Gasteiger partial charge in [0.15, 0.2) is 0 Å². The Morgan fingerprint density at radius 2 is 1.38 bits per heavy atom. The van der Waals surface area contributed by atoms with Crippen molar-refractivity contribution >= 4 is 0 Å². The molecule has 3 aromatic rings. The van der Waals surface area contributed by atoms with Crippen LogP contribution in [0.3, 0.4) is 0 Å². The van der Waals surface area contributed by atoms with Crippen LogP contribution in [0.25, 0.3) is 0 Å². The normalized spacial score (nSPS) is 15.3. The van der Waals surface area contributed by atoms with E-state index >= 15 is 0 Å². The van der Waals surface area contributed by atoms with Crippen LogP contribution in [0.4, 0.5) is 0 Å². The topological polar surface area (TPSA) is 21.7 Å². The summed E-state index contributed by atoms with van der Waals surface area (Å²) in [6.07, 6.45) is 5.81. The Morgan fingerprint density at radius 1 is 0.750 bits per heavy atom. The highest BCUT2D eigenvalue weighted by Gasteiger charge is 2.25. The first kappa shape index (κ1) is 22.4. The second-order valence-corrected chi connectivity index (χ2v) is 8.50. The Balaban J connectivity index is 1.57. The molecular formula is C29H34NO2. The van der Waals surface area contributed by atoms with Gasteiger partial charge in [-0.05, 0) is 49.5 Å². The van der Waals surface area contributed by atoms with E-state index in [1.807, 2.05) is 24.3 Å². The minimum Gasteiger partial charge on any atom is -0.489 e. The highest BCUT2D eigenvalue weighted by molar-refractivity contribution is 5.43. The van der Waals surface area contributed by atoms with E-state index in [0.29, 0.717) is 19.3 Å². The molecular weight excluding hydrogens is 394 g/mol. The maximum Gasteiger partial charge on any atom is 0.128 e. The zero-order valence-corrected chi connectivity index (χ0v) is 18.9. The lowest BCUT2D eigenvalue weighted by Gasteiger charge is -2.35. The third kappa shape index (κ3) is 6.14. The summed E-state index contributed by atoms with van der Waals surface area (Å²) in [6, 6.07) is 27.3. The van der Waals surface area contributed by atoms with Gasteiger partial charge in [0.2, 0.25) is 0 Å². The molecule has 3 aromatic carbocycles. The number of benzene rings is 3. The van der Waals surface area contributed by atoms with Gasteiger partial charge in [0.1, 0.15) is 24.7 Å². The summed E-state index contributed by atoms with van der Waals surface area (Å²) in [6.45, 7) is 7.55. The van der Waals surface area contributed by atoms with Crippen molar-refractivity contribution in [2.75, 3.05) is 13.1 Å². The molecule has 1 aliphatic heterocycles. The highest BCUT2D eigenvalue weighted by atomic mass is 16.5. The second kappa shape index (κ2) is 11.7. The van der Waals surface area contributed by atoms with Crippen LogP contribution < -0.4 is 9.47 Å². The predicted octanol–water partition coefficient (Wildman–Crippen LogP) is 6.99. The molecule has 0 aliphatic carbocycles. The van der Waals surface area contributed by atoms with Gasteiger partial charge in [-0.3, -0.25) is 4.90 Å². The molecule has 3 nitrogen and oxygen atoms in total. The van der Waals surface area contributed by atoms with E-state index in [2.05, 4.69) is 66.4 Å². The number of piperidine rings is 1. The van der Waals surface area contributed by atoms with Crippen molar-refractivity contribution in [1.82, 2.24) is 4.90 Å². The predicted molar refractivity (Wildman–Crippen MR) is 131 cm³/mol. The smallest absolute Gasteiger partial charge is 0.128 e. The van der Waals surface area contributed by atoms with E-state index in [0.717, 1.165) is 43.0 Å². The van der Waals surface area contributed by atoms with Crippen LogP contribution in [0.1, 0.15) is 54.8 Å². The molecule has 1 radical (unpaired) electrons. The molecule has 0 N–H and O–H groups in total. The van der Waals surface area contributed by atoms with Crippen molar-refractivity contribution in [3.63, 3.8) is 0 Å². The number of hydrogen-bond acceptors (Lipinski definition) is 3. The molecule has 1 aliphatic rings. The molecule has 32 heavy (non-hydrogen) atoms. The highest BCUT2D eigenvalue weighted by Crippen LogP contribution is 2.37. The van der Waals surface area contributed by atoms with Gasteiger partial charge < -0.3 is 9.47 Å².